The van der Waals surface area contributed by atoms with Crippen LogP contribution in [0.4, 0.5) is 0 Å². The Balaban J connectivity index is 1.54. The summed E-state index contributed by atoms with van der Waals surface area (Å²) < 4.78 is 5.42. The van der Waals surface area contributed by atoms with Crippen molar-refractivity contribution in [1.82, 2.24) is 15.6 Å². The van der Waals surface area contributed by atoms with Gasteiger partial charge in [0.2, 0.25) is 11.8 Å². The van der Waals surface area contributed by atoms with Crippen molar-refractivity contribution in [3.63, 3.8) is 0 Å². The van der Waals surface area contributed by atoms with Crippen LogP contribution in [0.2, 0.25) is 0 Å². The number of nitrogens with zero attached hydrogens (tertiary/aromatic N) is 1. The lowest BCUT2D eigenvalue weighted by Crippen LogP contribution is -2.49. The Morgan fingerprint density at radius 2 is 2.50 bits per heavy atom. The molecule has 6 heteroatoms. The predicted octanol–water partition coefficient (Wildman–Crippen LogP) is 1.87. The van der Waals surface area contributed by atoms with E-state index in [4.69, 9.17) is 4.42 Å². The molecule has 1 aliphatic rings. The Bertz CT molecular complexity index is 575. The second-order valence-electron chi connectivity index (χ2n) is 5.05. The molecule has 0 saturated carbocycles. The van der Waals surface area contributed by atoms with Crippen molar-refractivity contribution < 1.29 is 9.21 Å². The molecule has 20 heavy (non-hydrogen) atoms. The van der Waals surface area contributed by atoms with E-state index in [-0.39, 0.29) is 11.8 Å². The molecule has 5 nitrogen and oxygen atoms in total. The first-order valence-electron chi connectivity index (χ1n) is 6.71. The standard InChI is InChI=1S/C14H17N3O2S/c1-9(10-5-15-6-10)13(18)16-7-11-8-19-14(17-11)12-3-2-4-20-12/h2-4,8-10,15H,5-7H2,1H3,(H,16,18). The first-order chi connectivity index (χ1) is 9.74. The Morgan fingerprint density at radius 1 is 1.65 bits per heavy atom. The minimum absolute atomic E-state index is 0.0416. The van der Waals surface area contributed by atoms with E-state index in [0.29, 0.717) is 18.4 Å². The topological polar surface area (TPSA) is 67.2 Å². The van der Waals surface area contributed by atoms with Gasteiger partial charge in [-0.05, 0) is 30.5 Å². The molecule has 0 spiro atoms. The molecule has 1 saturated heterocycles. The fourth-order valence-corrected chi connectivity index (χ4v) is 2.77. The molecular weight excluding hydrogens is 274 g/mol. The number of hydrogen-bond acceptors (Lipinski definition) is 5. The first-order valence-corrected chi connectivity index (χ1v) is 7.58. The molecule has 1 aliphatic heterocycles. The molecule has 0 bridgehead atoms. The van der Waals surface area contributed by atoms with Crippen molar-refractivity contribution in [2.24, 2.45) is 11.8 Å². The summed E-state index contributed by atoms with van der Waals surface area (Å²) in [5, 5.41) is 8.09. The molecule has 0 aromatic carbocycles. The van der Waals surface area contributed by atoms with Gasteiger partial charge in [0, 0.05) is 5.92 Å². The fourth-order valence-electron chi connectivity index (χ4n) is 2.12. The lowest BCUT2D eigenvalue weighted by Gasteiger charge is -2.31. The van der Waals surface area contributed by atoms with Crippen LogP contribution in [0.5, 0.6) is 0 Å². The van der Waals surface area contributed by atoms with Gasteiger partial charge in [-0.25, -0.2) is 4.98 Å². The van der Waals surface area contributed by atoms with E-state index in [1.807, 2.05) is 24.4 Å². The molecule has 106 valence electrons. The van der Waals surface area contributed by atoms with Gasteiger partial charge >= 0.3 is 0 Å². The van der Waals surface area contributed by atoms with Crippen LogP contribution in [0.1, 0.15) is 12.6 Å². The van der Waals surface area contributed by atoms with E-state index in [9.17, 15) is 4.79 Å². The predicted molar refractivity (Wildman–Crippen MR) is 77.2 cm³/mol. The summed E-state index contributed by atoms with van der Waals surface area (Å²) in [7, 11) is 0. The Hall–Kier alpha value is -1.66. The number of rotatable bonds is 5. The fraction of sp³-hybridized carbons (Fsp3) is 0.429. The summed E-state index contributed by atoms with van der Waals surface area (Å²) in [6.45, 7) is 4.25. The summed E-state index contributed by atoms with van der Waals surface area (Å²) in [5.74, 6) is 1.19. The van der Waals surface area contributed by atoms with E-state index in [2.05, 4.69) is 15.6 Å². The van der Waals surface area contributed by atoms with Crippen LogP contribution in [-0.2, 0) is 11.3 Å². The molecular formula is C14H17N3O2S. The molecule has 3 rings (SSSR count). The van der Waals surface area contributed by atoms with Gasteiger partial charge in [-0.3, -0.25) is 4.79 Å². The van der Waals surface area contributed by atoms with Crippen LogP contribution in [0.3, 0.4) is 0 Å². The molecule has 0 radical (unpaired) electrons. The molecule has 1 amide bonds. The number of nitrogens with one attached hydrogen (secondary N) is 2. The van der Waals surface area contributed by atoms with Gasteiger partial charge in [0.15, 0.2) is 0 Å². The highest BCUT2D eigenvalue weighted by Crippen LogP contribution is 2.23. The van der Waals surface area contributed by atoms with Gasteiger partial charge in [-0.2, -0.15) is 0 Å². The number of hydrogen-bond donors (Lipinski definition) is 2. The minimum Gasteiger partial charge on any atom is -0.443 e. The average molecular weight is 291 g/mol. The minimum atomic E-state index is 0.0416. The van der Waals surface area contributed by atoms with Gasteiger partial charge in [-0.15, -0.1) is 11.3 Å². The normalized spacial score (nSPS) is 16.6. The Kier molecular flexibility index (Phi) is 3.84. The number of thiophene rings is 1. The summed E-state index contributed by atoms with van der Waals surface area (Å²) in [5.41, 5.74) is 0.751. The second kappa shape index (κ2) is 5.76. The van der Waals surface area contributed by atoms with Crippen molar-refractivity contribution in [1.29, 1.82) is 0 Å². The van der Waals surface area contributed by atoms with Crippen molar-refractivity contribution in [2.45, 2.75) is 13.5 Å². The number of carbonyl (C=O) groups is 1. The molecule has 3 heterocycles. The van der Waals surface area contributed by atoms with E-state index in [0.717, 1.165) is 23.7 Å². The summed E-state index contributed by atoms with van der Waals surface area (Å²) >= 11 is 1.58. The van der Waals surface area contributed by atoms with E-state index < -0.39 is 0 Å². The SMILES string of the molecule is CC(C(=O)NCc1coc(-c2cccs2)n1)C1CNC1. The Morgan fingerprint density at radius 3 is 3.15 bits per heavy atom. The van der Waals surface area contributed by atoms with Crippen LogP contribution in [0.15, 0.2) is 28.2 Å². The Labute approximate surface area is 121 Å². The summed E-state index contributed by atoms with van der Waals surface area (Å²) in [4.78, 5) is 17.4. The van der Waals surface area contributed by atoms with Crippen LogP contribution in [0, 0.1) is 11.8 Å². The monoisotopic (exact) mass is 291 g/mol. The zero-order valence-electron chi connectivity index (χ0n) is 11.3. The van der Waals surface area contributed by atoms with E-state index in [1.165, 1.54) is 0 Å². The highest BCUT2D eigenvalue weighted by atomic mass is 32.1. The largest absolute Gasteiger partial charge is 0.443 e. The molecule has 2 N–H and O–H groups in total. The van der Waals surface area contributed by atoms with Crippen molar-refractivity contribution >= 4 is 17.2 Å². The van der Waals surface area contributed by atoms with Crippen molar-refractivity contribution in [3.05, 3.63) is 29.5 Å². The van der Waals surface area contributed by atoms with Crippen LogP contribution in [0.25, 0.3) is 10.8 Å². The second-order valence-corrected chi connectivity index (χ2v) is 5.99. The zero-order valence-corrected chi connectivity index (χ0v) is 12.1. The molecule has 1 unspecified atom stereocenters. The molecule has 1 atom stereocenters. The molecule has 2 aromatic rings. The van der Waals surface area contributed by atoms with E-state index in [1.54, 1.807) is 17.6 Å². The molecule has 2 aromatic heterocycles. The highest BCUT2D eigenvalue weighted by Gasteiger charge is 2.28. The van der Waals surface area contributed by atoms with Crippen LogP contribution >= 0.6 is 11.3 Å². The van der Waals surface area contributed by atoms with Crippen molar-refractivity contribution in [3.8, 4) is 10.8 Å². The zero-order chi connectivity index (χ0) is 13.9. The third kappa shape index (κ3) is 2.76. The van der Waals surface area contributed by atoms with Gasteiger partial charge in [0.25, 0.3) is 0 Å². The first kappa shape index (κ1) is 13.3. The summed E-state index contributed by atoms with van der Waals surface area (Å²) in [6.07, 6.45) is 1.60. The smallest absolute Gasteiger partial charge is 0.236 e. The molecule has 1 fully saturated rings. The number of oxazole rings is 1. The lowest BCUT2D eigenvalue weighted by molar-refractivity contribution is -0.126. The molecule has 0 aliphatic carbocycles. The maximum Gasteiger partial charge on any atom is 0.236 e. The van der Waals surface area contributed by atoms with Gasteiger partial charge < -0.3 is 15.1 Å². The third-order valence-electron chi connectivity index (χ3n) is 3.66. The number of aromatic nitrogens is 1. The third-order valence-corrected chi connectivity index (χ3v) is 4.52. The lowest BCUT2D eigenvalue weighted by atomic mass is 9.88. The maximum atomic E-state index is 12.0. The highest BCUT2D eigenvalue weighted by molar-refractivity contribution is 7.13. The average Bonchev–Trinajstić information content (AvgIpc) is 3.04. The summed E-state index contributed by atoms with van der Waals surface area (Å²) in [6, 6.07) is 3.92. The van der Waals surface area contributed by atoms with Crippen LogP contribution in [-0.4, -0.2) is 24.0 Å². The van der Waals surface area contributed by atoms with Gasteiger partial charge in [-0.1, -0.05) is 13.0 Å². The number of carbonyl (C=O) groups excluding carboxylic acids is 1. The van der Waals surface area contributed by atoms with Gasteiger partial charge in [0.05, 0.1) is 17.1 Å². The van der Waals surface area contributed by atoms with Gasteiger partial charge in [0.1, 0.15) is 6.26 Å². The number of amides is 1. The van der Waals surface area contributed by atoms with Crippen molar-refractivity contribution in [2.75, 3.05) is 13.1 Å². The quantitative estimate of drug-likeness (QED) is 0.882. The van der Waals surface area contributed by atoms with Crippen LogP contribution < -0.4 is 10.6 Å². The van der Waals surface area contributed by atoms with E-state index >= 15 is 0 Å². The maximum absolute atomic E-state index is 12.0.